The fourth-order valence-corrected chi connectivity index (χ4v) is 3.52. The van der Waals surface area contributed by atoms with Crippen LogP contribution >= 0.6 is 0 Å². The van der Waals surface area contributed by atoms with Gasteiger partial charge in [0.2, 0.25) is 0 Å². The highest BCUT2D eigenvalue weighted by Gasteiger charge is 2.38. The molecule has 1 saturated carbocycles. The highest BCUT2D eigenvalue weighted by Crippen LogP contribution is 2.35. The van der Waals surface area contributed by atoms with E-state index in [4.69, 9.17) is 4.74 Å². The van der Waals surface area contributed by atoms with Crippen molar-refractivity contribution in [1.29, 1.82) is 0 Å². The van der Waals surface area contributed by atoms with E-state index in [0.29, 0.717) is 19.0 Å². The normalized spacial score (nSPS) is 25.6. The summed E-state index contributed by atoms with van der Waals surface area (Å²) >= 11 is 0. The highest BCUT2D eigenvalue weighted by molar-refractivity contribution is 5.49. The molecule has 0 aromatic carbocycles. The Morgan fingerprint density at radius 3 is 2.91 bits per heavy atom. The summed E-state index contributed by atoms with van der Waals surface area (Å²) in [7, 11) is 0. The van der Waals surface area contributed by atoms with Crippen molar-refractivity contribution in [2.45, 2.75) is 44.0 Å². The Labute approximate surface area is 130 Å². The molecule has 1 aliphatic carbocycles. The van der Waals surface area contributed by atoms with Crippen LogP contribution in [0.5, 0.6) is 0 Å². The predicted molar refractivity (Wildman–Crippen MR) is 75.1 cm³/mol. The molecule has 6 nitrogen and oxygen atoms in total. The Balaban J connectivity index is 1.84. The Kier molecular flexibility index (Phi) is 3.40. The Morgan fingerprint density at radius 1 is 1.22 bits per heavy atom. The van der Waals surface area contributed by atoms with Gasteiger partial charge in [-0.1, -0.05) is 0 Å². The van der Waals surface area contributed by atoms with Gasteiger partial charge in [-0.25, -0.2) is 4.98 Å². The van der Waals surface area contributed by atoms with E-state index in [1.165, 1.54) is 10.8 Å². The first kappa shape index (κ1) is 14.7. The topological polar surface area (TPSA) is 55.6 Å². The Bertz CT molecular complexity index is 716. The minimum Gasteiger partial charge on any atom is -0.376 e. The molecule has 23 heavy (non-hydrogen) atoms. The molecule has 1 saturated heterocycles. The van der Waals surface area contributed by atoms with Gasteiger partial charge in [0.05, 0.1) is 12.1 Å². The maximum absolute atomic E-state index is 13.2. The third kappa shape index (κ3) is 2.52. The molecular formula is C14H16F3N5O. The molecule has 2 fully saturated rings. The zero-order chi connectivity index (χ0) is 16.0. The number of aromatic nitrogens is 4. The molecule has 9 heteroatoms. The lowest BCUT2D eigenvalue weighted by Crippen LogP contribution is -2.41. The molecule has 0 unspecified atom stereocenters. The van der Waals surface area contributed by atoms with Gasteiger partial charge in [0.15, 0.2) is 5.69 Å². The highest BCUT2D eigenvalue weighted by atomic mass is 19.4. The van der Waals surface area contributed by atoms with Gasteiger partial charge in [0.1, 0.15) is 12.1 Å². The Hall–Kier alpha value is -1.90. The lowest BCUT2D eigenvalue weighted by molar-refractivity contribution is -0.141. The molecule has 0 spiro atoms. The molecule has 2 aromatic rings. The molecule has 2 aromatic heterocycles. The van der Waals surface area contributed by atoms with Gasteiger partial charge in [-0.05, 0) is 25.7 Å². The predicted octanol–water partition coefficient (Wildman–Crippen LogP) is 2.29. The maximum atomic E-state index is 13.2. The number of hydrogen-bond acceptors (Lipinski definition) is 5. The summed E-state index contributed by atoms with van der Waals surface area (Å²) < 4.78 is 46.7. The first-order chi connectivity index (χ1) is 11.0. The van der Waals surface area contributed by atoms with Crippen LogP contribution in [-0.2, 0) is 10.9 Å². The van der Waals surface area contributed by atoms with Crippen molar-refractivity contribution in [3.05, 3.63) is 18.1 Å². The monoisotopic (exact) mass is 327 g/mol. The van der Waals surface area contributed by atoms with Gasteiger partial charge in [-0.15, -0.1) is 0 Å². The first-order valence-electron chi connectivity index (χ1n) is 7.70. The fourth-order valence-electron chi connectivity index (χ4n) is 3.52. The van der Waals surface area contributed by atoms with E-state index in [2.05, 4.69) is 15.1 Å². The minimum atomic E-state index is -4.51. The van der Waals surface area contributed by atoms with E-state index in [1.807, 2.05) is 4.90 Å². The molecule has 2 aliphatic rings. The van der Waals surface area contributed by atoms with Crippen LogP contribution in [0.2, 0.25) is 0 Å². The van der Waals surface area contributed by atoms with Gasteiger partial charge in [0.25, 0.3) is 5.78 Å². The number of ether oxygens (including phenoxy) is 1. The number of alkyl halides is 3. The fraction of sp³-hybridized carbons (Fsp3) is 0.643. The third-order valence-electron chi connectivity index (χ3n) is 4.51. The molecule has 0 radical (unpaired) electrons. The van der Waals surface area contributed by atoms with Crippen LogP contribution in [0.15, 0.2) is 12.4 Å². The number of hydrogen-bond donors (Lipinski definition) is 0. The minimum absolute atomic E-state index is 0.0328. The molecule has 0 amide bonds. The van der Waals surface area contributed by atoms with E-state index in [9.17, 15) is 13.2 Å². The van der Waals surface area contributed by atoms with Gasteiger partial charge in [0, 0.05) is 19.2 Å². The second-order valence-corrected chi connectivity index (χ2v) is 5.92. The van der Waals surface area contributed by atoms with Crippen LogP contribution in [-0.4, -0.2) is 44.9 Å². The first-order valence-corrected chi connectivity index (χ1v) is 7.70. The van der Waals surface area contributed by atoms with Crippen molar-refractivity contribution in [2.24, 2.45) is 0 Å². The van der Waals surface area contributed by atoms with E-state index in [0.717, 1.165) is 31.7 Å². The molecular weight excluding hydrogens is 311 g/mol. The third-order valence-corrected chi connectivity index (χ3v) is 4.51. The standard InChI is InChI=1S/C14H16F3N5O/c15-14(16,17)11-7-12(22-13(20-11)18-8-19-22)21-5-2-6-23-10-4-1-3-9(10)21/h7-10H,1-6H2/t9-,10-/m0/s1. The van der Waals surface area contributed by atoms with Gasteiger partial charge in [-0.3, -0.25) is 0 Å². The van der Waals surface area contributed by atoms with Crippen LogP contribution in [0.25, 0.3) is 5.78 Å². The van der Waals surface area contributed by atoms with E-state index < -0.39 is 11.9 Å². The molecule has 0 bridgehead atoms. The van der Waals surface area contributed by atoms with E-state index in [1.54, 1.807) is 0 Å². The Morgan fingerprint density at radius 2 is 2.09 bits per heavy atom. The molecule has 3 heterocycles. The van der Waals surface area contributed by atoms with E-state index in [-0.39, 0.29) is 17.9 Å². The van der Waals surface area contributed by atoms with Crippen molar-refractivity contribution in [3.63, 3.8) is 0 Å². The summed E-state index contributed by atoms with van der Waals surface area (Å²) in [5.74, 6) is 0.358. The smallest absolute Gasteiger partial charge is 0.376 e. The zero-order valence-corrected chi connectivity index (χ0v) is 12.3. The van der Waals surface area contributed by atoms with Crippen LogP contribution < -0.4 is 4.90 Å². The van der Waals surface area contributed by atoms with E-state index >= 15 is 0 Å². The maximum Gasteiger partial charge on any atom is 0.433 e. The number of fused-ring (bicyclic) bond motifs is 2. The van der Waals surface area contributed by atoms with Crippen molar-refractivity contribution in [2.75, 3.05) is 18.1 Å². The lowest BCUT2D eigenvalue weighted by atomic mass is 10.1. The zero-order valence-electron chi connectivity index (χ0n) is 12.3. The lowest BCUT2D eigenvalue weighted by Gasteiger charge is -2.32. The van der Waals surface area contributed by atoms with Crippen LogP contribution in [0.4, 0.5) is 19.0 Å². The van der Waals surface area contributed by atoms with Gasteiger partial charge >= 0.3 is 6.18 Å². The van der Waals surface area contributed by atoms with Crippen molar-refractivity contribution in [3.8, 4) is 0 Å². The number of anilines is 1. The van der Waals surface area contributed by atoms with Crippen molar-refractivity contribution in [1.82, 2.24) is 19.6 Å². The average molecular weight is 327 g/mol. The summed E-state index contributed by atoms with van der Waals surface area (Å²) in [5.41, 5.74) is -0.937. The SMILES string of the molecule is FC(F)(F)c1cc(N2CCCO[C@H]3CCC[C@@H]32)n2ncnc2n1. The largest absolute Gasteiger partial charge is 0.433 e. The second-order valence-electron chi connectivity index (χ2n) is 5.92. The molecule has 4 rings (SSSR count). The molecule has 1 aliphatic heterocycles. The quantitative estimate of drug-likeness (QED) is 0.804. The van der Waals surface area contributed by atoms with Crippen molar-refractivity contribution < 1.29 is 17.9 Å². The van der Waals surface area contributed by atoms with Crippen LogP contribution in [0, 0.1) is 0 Å². The molecule has 0 N–H and O–H groups in total. The summed E-state index contributed by atoms with van der Waals surface area (Å²) in [6.07, 6.45) is 0.421. The van der Waals surface area contributed by atoms with Gasteiger partial charge in [-0.2, -0.15) is 27.8 Å². The summed E-state index contributed by atoms with van der Waals surface area (Å²) in [6, 6.07) is 1.15. The summed E-state index contributed by atoms with van der Waals surface area (Å²) in [5, 5.41) is 4.06. The molecule has 124 valence electrons. The number of nitrogens with zero attached hydrogens (tertiary/aromatic N) is 5. The molecule has 2 atom stereocenters. The number of rotatable bonds is 1. The van der Waals surface area contributed by atoms with Crippen LogP contribution in [0.3, 0.4) is 0 Å². The van der Waals surface area contributed by atoms with Gasteiger partial charge < -0.3 is 9.64 Å². The summed E-state index contributed by atoms with van der Waals surface area (Å²) in [4.78, 5) is 9.41. The van der Waals surface area contributed by atoms with Crippen molar-refractivity contribution >= 4 is 11.6 Å². The summed E-state index contributed by atoms with van der Waals surface area (Å²) in [6.45, 7) is 1.27. The second kappa shape index (κ2) is 5.33. The average Bonchev–Trinajstić information content (AvgIpc) is 3.11. The van der Waals surface area contributed by atoms with Crippen LogP contribution in [0.1, 0.15) is 31.4 Å². The number of halogens is 3.